The number of aromatic nitrogens is 1. The molecule has 3 rings (SSSR count). The molecule has 1 heterocycles. The minimum absolute atomic E-state index is 0.245. The van der Waals surface area contributed by atoms with Gasteiger partial charge >= 0.3 is 0 Å². The van der Waals surface area contributed by atoms with E-state index in [1.54, 1.807) is 0 Å². The van der Waals surface area contributed by atoms with Gasteiger partial charge in [-0.05, 0) is 16.7 Å². The molecule has 0 saturated carbocycles. The lowest BCUT2D eigenvalue weighted by molar-refractivity contribution is -0.385. The van der Waals surface area contributed by atoms with E-state index in [1.165, 1.54) is 0 Å². The Labute approximate surface area is 172 Å². The highest BCUT2D eigenvalue weighted by molar-refractivity contribution is 5.75. The number of benzene rings is 2. The van der Waals surface area contributed by atoms with Crippen molar-refractivity contribution in [1.82, 2.24) is 9.88 Å². The molecule has 0 saturated heterocycles. The fourth-order valence-corrected chi connectivity index (χ4v) is 2.85. The summed E-state index contributed by atoms with van der Waals surface area (Å²) in [4.78, 5) is 34.2. The summed E-state index contributed by atoms with van der Waals surface area (Å²) in [6.07, 6.45) is 1.06. The van der Waals surface area contributed by atoms with Crippen molar-refractivity contribution in [2.45, 2.75) is 26.3 Å². The van der Waals surface area contributed by atoms with Crippen molar-refractivity contribution >= 4 is 11.6 Å². The molecule has 3 aromatic rings. The number of nitrogens with zero attached hydrogens (tertiary/aromatic N) is 2. The molecule has 0 spiro atoms. The van der Waals surface area contributed by atoms with Crippen LogP contribution in [-0.4, -0.2) is 15.4 Å². The minimum Gasteiger partial charge on any atom is -0.372 e. The van der Waals surface area contributed by atoms with E-state index in [4.69, 9.17) is 4.74 Å². The smallest absolute Gasteiger partial charge is 0.285 e. The largest absolute Gasteiger partial charge is 0.372 e. The number of rotatable bonds is 9. The van der Waals surface area contributed by atoms with E-state index in [-0.39, 0.29) is 18.8 Å². The number of amides is 1. The molecule has 8 nitrogen and oxygen atoms in total. The summed E-state index contributed by atoms with van der Waals surface area (Å²) in [5, 5.41) is 13.6. The summed E-state index contributed by atoms with van der Waals surface area (Å²) in [6, 6.07) is 19.7. The molecule has 0 bridgehead atoms. The monoisotopic (exact) mass is 407 g/mol. The van der Waals surface area contributed by atoms with Crippen LogP contribution in [0.2, 0.25) is 0 Å². The topological polar surface area (TPSA) is 103 Å². The molecule has 1 amide bonds. The fourth-order valence-electron chi connectivity index (χ4n) is 2.85. The van der Waals surface area contributed by atoms with E-state index in [1.807, 2.05) is 54.6 Å². The second kappa shape index (κ2) is 10.1. The number of carbonyl (C=O) groups is 1. The van der Waals surface area contributed by atoms with Crippen LogP contribution in [0.25, 0.3) is 0 Å². The summed E-state index contributed by atoms with van der Waals surface area (Å²) in [6.45, 7) is 0.939. The first-order chi connectivity index (χ1) is 14.5. The Morgan fingerprint density at radius 3 is 2.43 bits per heavy atom. The molecule has 2 aromatic carbocycles. The van der Waals surface area contributed by atoms with Crippen LogP contribution in [0.3, 0.4) is 0 Å². The third kappa shape index (κ3) is 6.11. The Kier molecular flexibility index (Phi) is 7.07. The summed E-state index contributed by atoms with van der Waals surface area (Å²) < 4.78 is 6.74. The molecule has 0 atom stereocenters. The summed E-state index contributed by atoms with van der Waals surface area (Å²) in [5.74, 6) is -0.414. The third-order valence-electron chi connectivity index (χ3n) is 4.35. The van der Waals surface area contributed by atoms with Crippen LogP contribution in [0.4, 0.5) is 5.69 Å². The fraction of sp³-hybridized carbons (Fsp3) is 0.182. The Bertz CT molecular complexity index is 1080. The first kappa shape index (κ1) is 20.9. The predicted molar refractivity (Wildman–Crippen MR) is 111 cm³/mol. The van der Waals surface area contributed by atoms with Gasteiger partial charge in [0.25, 0.3) is 11.2 Å². The van der Waals surface area contributed by atoms with Crippen LogP contribution in [0.1, 0.15) is 16.7 Å². The van der Waals surface area contributed by atoms with Crippen molar-refractivity contribution in [3.8, 4) is 0 Å². The van der Waals surface area contributed by atoms with Crippen molar-refractivity contribution in [3.63, 3.8) is 0 Å². The number of nitrogens with one attached hydrogen (secondary N) is 1. The quantitative estimate of drug-likeness (QED) is 0.434. The van der Waals surface area contributed by atoms with Gasteiger partial charge in [0.1, 0.15) is 6.54 Å². The Balaban J connectivity index is 1.51. The SMILES string of the molecule is O=C(Cn1cc([N+](=O)[O-])ccc1=O)NCc1cccc(COCc2ccccc2)c1. The molecule has 0 fully saturated rings. The maximum Gasteiger partial charge on any atom is 0.285 e. The Morgan fingerprint density at radius 2 is 1.67 bits per heavy atom. The molecule has 0 aliphatic heterocycles. The Hall–Kier alpha value is -3.78. The van der Waals surface area contributed by atoms with Crippen molar-refractivity contribution in [2.75, 3.05) is 0 Å². The molecule has 0 aliphatic rings. The normalized spacial score (nSPS) is 10.5. The molecular formula is C22H21N3O5. The van der Waals surface area contributed by atoms with Gasteiger partial charge in [0.2, 0.25) is 5.91 Å². The molecule has 0 aliphatic carbocycles. The van der Waals surface area contributed by atoms with Gasteiger partial charge in [-0.3, -0.25) is 24.3 Å². The van der Waals surface area contributed by atoms with Gasteiger partial charge in [-0.2, -0.15) is 0 Å². The van der Waals surface area contributed by atoms with Crippen LogP contribution in [-0.2, 0) is 35.8 Å². The van der Waals surface area contributed by atoms with Crippen molar-refractivity contribution < 1.29 is 14.5 Å². The van der Waals surface area contributed by atoms with Crippen LogP contribution in [0.15, 0.2) is 77.7 Å². The molecule has 1 aromatic heterocycles. The Morgan fingerprint density at radius 1 is 0.967 bits per heavy atom. The maximum atomic E-state index is 12.2. The van der Waals surface area contributed by atoms with Crippen molar-refractivity contribution in [2.24, 2.45) is 0 Å². The first-order valence-electron chi connectivity index (χ1n) is 9.32. The standard InChI is InChI=1S/C22H21N3O5/c26-21(14-24-13-20(25(28)29)9-10-22(24)27)23-12-18-7-4-8-19(11-18)16-30-15-17-5-2-1-3-6-17/h1-11,13H,12,14-16H2,(H,23,26). The molecule has 0 unspecified atom stereocenters. The number of nitro groups is 1. The van der Waals surface area contributed by atoms with Crippen LogP contribution in [0, 0.1) is 10.1 Å². The van der Waals surface area contributed by atoms with E-state index >= 15 is 0 Å². The lowest BCUT2D eigenvalue weighted by Crippen LogP contribution is -2.31. The highest BCUT2D eigenvalue weighted by Crippen LogP contribution is 2.09. The van der Waals surface area contributed by atoms with E-state index < -0.39 is 16.4 Å². The second-order valence-electron chi connectivity index (χ2n) is 6.69. The maximum absolute atomic E-state index is 12.2. The van der Waals surface area contributed by atoms with Gasteiger partial charge in [0, 0.05) is 18.7 Å². The number of hydrogen-bond donors (Lipinski definition) is 1. The van der Waals surface area contributed by atoms with E-state index in [0.29, 0.717) is 13.2 Å². The number of pyridine rings is 1. The molecule has 154 valence electrons. The lowest BCUT2D eigenvalue weighted by Gasteiger charge is -2.09. The highest BCUT2D eigenvalue weighted by Gasteiger charge is 2.10. The summed E-state index contributed by atoms with van der Waals surface area (Å²) in [7, 11) is 0. The van der Waals surface area contributed by atoms with E-state index in [2.05, 4.69) is 5.32 Å². The molecule has 30 heavy (non-hydrogen) atoms. The third-order valence-corrected chi connectivity index (χ3v) is 4.35. The summed E-state index contributed by atoms with van der Waals surface area (Å²) >= 11 is 0. The first-order valence-corrected chi connectivity index (χ1v) is 9.32. The second-order valence-corrected chi connectivity index (χ2v) is 6.69. The highest BCUT2D eigenvalue weighted by atomic mass is 16.6. The molecular weight excluding hydrogens is 386 g/mol. The number of hydrogen-bond acceptors (Lipinski definition) is 5. The number of ether oxygens (including phenoxy) is 1. The average Bonchev–Trinajstić information content (AvgIpc) is 2.75. The van der Waals surface area contributed by atoms with Crippen LogP contribution >= 0.6 is 0 Å². The van der Waals surface area contributed by atoms with Gasteiger partial charge in [-0.15, -0.1) is 0 Å². The number of carbonyl (C=O) groups excluding carboxylic acids is 1. The lowest BCUT2D eigenvalue weighted by atomic mass is 10.1. The molecule has 8 heteroatoms. The van der Waals surface area contributed by atoms with Gasteiger partial charge in [-0.25, -0.2) is 0 Å². The molecule has 1 N–H and O–H groups in total. The van der Waals surface area contributed by atoms with Crippen LogP contribution < -0.4 is 10.9 Å². The zero-order valence-electron chi connectivity index (χ0n) is 16.2. The van der Waals surface area contributed by atoms with E-state index in [9.17, 15) is 19.7 Å². The van der Waals surface area contributed by atoms with Crippen molar-refractivity contribution in [1.29, 1.82) is 0 Å². The molecule has 0 radical (unpaired) electrons. The zero-order valence-corrected chi connectivity index (χ0v) is 16.2. The summed E-state index contributed by atoms with van der Waals surface area (Å²) in [5.41, 5.74) is 2.24. The van der Waals surface area contributed by atoms with Gasteiger partial charge in [0.05, 0.1) is 24.3 Å². The van der Waals surface area contributed by atoms with Crippen LogP contribution in [0.5, 0.6) is 0 Å². The van der Waals surface area contributed by atoms with Gasteiger partial charge in [0.15, 0.2) is 0 Å². The predicted octanol–water partition coefficient (Wildman–Crippen LogP) is 2.79. The van der Waals surface area contributed by atoms with Gasteiger partial charge in [-0.1, -0.05) is 54.6 Å². The van der Waals surface area contributed by atoms with E-state index in [0.717, 1.165) is 39.6 Å². The zero-order chi connectivity index (χ0) is 21.3. The minimum atomic E-state index is -0.612. The average molecular weight is 407 g/mol. The van der Waals surface area contributed by atoms with Gasteiger partial charge < -0.3 is 10.1 Å². The van der Waals surface area contributed by atoms with Crippen molar-refractivity contribution in [3.05, 3.63) is 110 Å².